The minimum Gasteiger partial charge on any atom is -0.346 e. The van der Waals surface area contributed by atoms with Gasteiger partial charge in [0.2, 0.25) is 0 Å². The standard InChI is InChI=1S/C21H18Cl2N2/c22-19-13-7-12-18(20(19)23)21-24(16-8-3-1-4-9-16)14-15-25(21)17-10-5-2-6-11-17/h1-13,21H,14-15H2. The second kappa shape index (κ2) is 6.99. The Morgan fingerprint density at radius 1 is 0.640 bits per heavy atom. The van der Waals surface area contributed by atoms with E-state index in [1.54, 1.807) is 0 Å². The summed E-state index contributed by atoms with van der Waals surface area (Å²) < 4.78 is 0. The van der Waals surface area contributed by atoms with Gasteiger partial charge in [-0.2, -0.15) is 0 Å². The predicted octanol–water partition coefficient (Wildman–Crippen LogP) is 6.02. The summed E-state index contributed by atoms with van der Waals surface area (Å²) in [6.07, 6.45) is 0.0102. The third-order valence-electron chi connectivity index (χ3n) is 4.61. The summed E-state index contributed by atoms with van der Waals surface area (Å²) in [5, 5.41) is 1.21. The van der Waals surface area contributed by atoms with Crippen LogP contribution in [0.15, 0.2) is 78.9 Å². The van der Waals surface area contributed by atoms with E-state index < -0.39 is 0 Å². The van der Waals surface area contributed by atoms with Crippen LogP contribution in [0.5, 0.6) is 0 Å². The van der Waals surface area contributed by atoms with E-state index in [9.17, 15) is 0 Å². The summed E-state index contributed by atoms with van der Waals surface area (Å²) >= 11 is 12.9. The summed E-state index contributed by atoms with van der Waals surface area (Å²) in [5.74, 6) is 0. The molecule has 1 heterocycles. The number of hydrogen-bond donors (Lipinski definition) is 0. The van der Waals surface area contributed by atoms with E-state index >= 15 is 0 Å². The Hall–Kier alpha value is -2.16. The van der Waals surface area contributed by atoms with E-state index in [2.05, 4.69) is 64.4 Å². The molecule has 0 bridgehead atoms. The molecule has 3 aromatic carbocycles. The van der Waals surface area contributed by atoms with Crippen molar-refractivity contribution in [3.05, 3.63) is 94.5 Å². The first-order chi connectivity index (χ1) is 12.3. The van der Waals surface area contributed by atoms with Gasteiger partial charge in [-0.25, -0.2) is 0 Å². The number of halogens is 2. The topological polar surface area (TPSA) is 6.48 Å². The van der Waals surface area contributed by atoms with Crippen molar-refractivity contribution >= 4 is 34.6 Å². The molecule has 4 rings (SSSR count). The molecule has 0 N–H and O–H groups in total. The quantitative estimate of drug-likeness (QED) is 0.557. The Bertz CT molecular complexity index is 805. The molecule has 0 aliphatic carbocycles. The van der Waals surface area contributed by atoms with Crippen molar-refractivity contribution in [1.29, 1.82) is 0 Å². The first-order valence-electron chi connectivity index (χ1n) is 8.33. The molecule has 0 atom stereocenters. The Labute approximate surface area is 158 Å². The highest BCUT2D eigenvalue weighted by Gasteiger charge is 2.35. The van der Waals surface area contributed by atoms with Crippen molar-refractivity contribution in [2.24, 2.45) is 0 Å². The van der Waals surface area contributed by atoms with Crippen LogP contribution in [0.3, 0.4) is 0 Å². The van der Waals surface area contributed by atoms with Crippen LogP contribution in [0.4, 0.5) is 11.4 Å². The Morgan fingerprint density at radius 3 is 1.68 bits per heavy atom. The molecule has 25 heavy (non-hydrogen) atoms. The van der Waals surface area contributed by atoms with Crippen LogP contribution in [-0.4, -0.2) is 13.1 Å². The third kappa shape index (κ3) is 3.08. The zero-order valence-corrected chi connectivity index (χ0v) is 15.2. The van der Waals surface area contributed by atoms with Crippen LogP contribution >= 0.6 is 23.2 Å². The summed E-state index contributed by atoms with van der Waals surface area (Å²) in [4.78, 5) is 4.76. The van der Waals surface area contributed by atoms with Crippen LogP contribution in [0, 0.1) is 0 Å². The molecule has 1 saturated heterocycles. The van der Waals surface area contributed by atoms with Gasteiger partial charge in [-0.1, -0.05) is 71.7 Å². The van der Waals surface area contributed by atoms with Gasteiger partial charge in [0.1, 0.15) is 6.17 Å². The predicted molar refractivity (Wildman–Crippen MR) is 107 cm³/mol. The summed E-state index contributed by atoms with van der Waals surface area (Å²) in [7, 11) is 0. The van der Waals surface area contributed by atoms with Crippen molar-refractivity contribution in [3.8, 4) is 0 Å². The third-order valence-corrected chi connectivity index (χ3v) is 5.44. The lowest BCUT2D eigenvalue weighted by Gasteiger charge is -2.34. The van der Waals surface area contributed by atoms with Crippen molar-refractivity contribution in [1.82, 2.24) is 0 Å². The highest BCUT2D eigenvalue weighted by atomic mass is 35.5. The summed E-state index contributed by atoms with van der Waals surface area (Å²) in [6, 6.07) is 26.8. The van der Waals surface area contributed by atoms with Crippen LogP contribution in [0.1, 0.15) is 11.7 Å². The minimum absolute atomic E-state index is 0.0102. The fraction of sp³-hybridized carbons (Fsp3) is 0.143. The SMILES string of the molecule is Clc1cccc(C2N(c3ccccc3)CCN2c2ccccc2)c1Cl. The van der Waals surface area contributed by atoms with Gasteiger partial charge in [0, 0.05) is 30.0 Å². The Morgan fingerprint density at radius 2 is 1.16 bits per heavy atom. The zero-order valence-electron chi connectivity index (χ0n) is 13.6. The van der Waals surface area contributed by atoms with E-state index in [-0.39, 0.29) is 6.17 Å². The molecule has 0 unspecified atom stereocenters. The van der Waals surface area contributed by atoms with E-state index in [0.717, 1.165) is 18.7 Å². The van der Waals surface area contributed by atoms with Gasteiger partial charge in [0.15, 0.2) is 0 Å². The van der Waals surface area contributed by atoms with Gasteiger partial charge in [-0.3, -0.25) is 0 Å². The van der Waals surface area contributed by atoms with Crippen molar-refractivity contribution in [2.75, 3.05) is 22.9 Å². The number of anilines is 2. The molecule has 2 nitrogen and oxygen atoms in total. The molecule has 0 spiro atoms. The lowest BCUT2D eigenvalue weighted by atomic mass is 10.1. The van der Waals surface area contributed by atoms with Gasteiger partial charge >= 0.3 is 0 Å². The Kier molecular flexibility index (Phi) is 4.56. The van der Waals surface area contributed by atoms with Gasteiger partial charge < -0.3 is 9.80 Å². The van der Waals surface area contributed by atoms with Crippen LogP contribution in [0.25, 0.3) is 0 Å². The molecule has 0 aromatic heterocycles. The number of nitrogens with zero attached hydrogens (tertiary/aromatic N) is 2. The van der Waals surface area contributed by atoms with Crippen LogP contribution < -0.4 is 9.80 Å². The fourth-order valence-corrected chi connectivity index (χ4v) is 3.87. The van der Waals surface area contributed by atoms with Crippen molar-refractivity contribution in [2.45, 2.75) is 6.17 Å². The maximum Gasteiger partial charge on any atom is 0.130 e. The van der Waals surface area contributed by atoms with E-state index in [1.807, 2.05) is 24.3 Å². The summed E-state index contributed by atoms with van der Waals surface area (Å²) in [6.45, 7) is 1.85. The summed E-state index contributed by atoms with van der Waals surface area (Å²) in [5.41, 5.74) is 3.39. The molecule has 0 amide bonds. The average molecular weight is 369 g/mol. The first kappa shape index (κ1) is 16.3. The largest absolute Gasteiger partial charge is 0.346 e. The molecule has 1 fully saturated rings. The smallest absolute Gasteiger partial charge is 0.130 e. The number of rotatable bonds is 3. The number of hydrogen-bond acceptors (Lipinski definition) is 2. The van der Waals surface area contributed by atoms with Gasteiger partial charge in [-0.05, 0) is 30.3 Å². The second-order valence-electron chi connectivity index (χ2n) is 6.07. The Balaban J connectivity index is 1.83. The monoisotopic (exact) mass is 368 g/mol. The molecule has 3 aromatic rings. The first-order valence-corrected chi connectivity index (χ1v) is 9.08. The highest BCUT2D eigenvalue weighted by Crippen LogP contribution is 2.41. The van der Waals surface area contributed by atoms with E-state index in [4.69, 9.17) is 23.2 Å². The highest BCUT2D eigenvalue weighted by molar-refractivity contribution is 6.42. The van der Waals surface area contributed by atoms with Gasteiger partial charge in [0.05, 0.1) is 10.0 Å². The normalized spacial score (nSPS) is 15.0. The molecule has 126 valence electrons. The fourth-order valence-electron chi connectivity index (χ4n) is 3.46. The van der Waals surface area contributed by atoms with E-state index in [0.29, 0.717) is 10.0 Å². The molecular weight excluding hydrogens is 351 g/mol. The number of para-hydroxylation sites is 2. The number of benzene rings is 3. The molecule has 0 saturated carbocycles. The molecule has 1 aliphatic heterocycles. The van der Waals surface area contributed by atoms with Crippen molar-refractivity contribution in [3.63, 3.8) is 0 Å². The maximum atomic E-state index is 6.59. The maximum absolute atomic E-state index is 6.59. The minimum atomic E-state index is 0.0102. The molecular formula is C21H18Cl2N2. The molecule has 4 heteroatoms. The molecule has 0 radical (unpaired) electrons. The lowest BCUT2D eigenvalue weighted by Crippen LogP contribution is -2.31. The molecule has 1 aliphatic rings. The van der Waals surface area contributed by atoms with Crippen LogP contribution in [-0.2, 0) is 0 Å². The zero-order chi connectivity index (χ0) is 17.2. The second-order valence-corrected chi connectivity index (χ2v) is 6.86. The van der Waals surface area contributed by atoms with Crippen LogP contribution in [0.2, 0.25) is 10.0 Å². The van der Waals surface area contributed by atoms with Gasteiger partial charge in [-0.15, -0.1) is 0 Å². The average Bonchev–Trinajstić information content (AvgIpc) is 3.10. The van der Waals surface area contributed by atoms with E-state index in [1.165, 1.54) is 11.4 Å². The lowest BCUT2D eigenvalue weighted by molar-refractivity contribution is 0.718. The van der Waals surface area contributed by atoms with Crippen molar-refractivity contribution < 1.29 is 0 Å². The van der Waals surface area contributed by atoms with Gasteiger partial charge in [0.25, 0.3) is 0 Å².